The molecule has 0 unspecified atom stereocenters. The second kappa shape index (κ2) is 9.84. The van der Waals surface area contributed by atoms with E-state index >= 15 is 0 Å². The van der Waals surface area contributed by atoms with Gasteiger partial charge in [0.2, 0.25) is 0 Å². The van der Waals surface area contributed by atoms with Crippen molar-refractivity contribution in [3.8, 4) is 11.4 Å². The SMILES string of the molecule is CCN1CCN(C2CCC(n3ccn(-c4ccc(OC5CCCC5)cc4)c3=O)CC2)CC1. The average Bonchev–Trinajstić information content (AvgIpc) is 3.49. The second-order valence-corrected chi connectivity index (χ2v) is 9.81. The lowest BCUT2D eigenvalue weighted by atomic mass is 9.89. The maximum atomic E-state index is 13.2. The van der Waals surface area contributed by atoms with Crippen LogP contribution in [0.2, 0.25) is 0 Å². The number of piperazine rings is 1. The van der Waals surface area contributed by atoms with Crippen LogP contribution >= 0.6 is 0 Å². The maximum absolute atomic E-state index is 13.2. The fraction of sp³-hybridized carbons (Fsp3) is 0.654. The molecule has 0 spiro atoms. The van der Waals surface area contributed by atoms with E-state index in [2.05, 4.69) is 16.7 Å². The molecule has 2 saturated carbocycles. The number of likely N-dealkylation sites (N-methyl/N-ethyl adjacent to an activating group) is 1. The molecule has 6 nitrogen and oxygen atoms in total. The summed E-state index contributed by atoms with van der Waals surface area (Å²) in [4.78, 5) is 18.4. The van der Waals surface area contributed by atoms with E-state index in [0.29, 0.717) is 18.2 Å². The second-order valence-electron chi connectivity index (χ2n) is 9.81. The van der Waals surface area contributed by atoms with E-state index in [0.717, 1.165) is 43.7 Å². The summed E-state index contributed by atoms with van der Waals surface area (Å²) in [6.45, 7) is 8.20. The Morgan fingerprint density at radius 3 is 2.16 bits per heavy atom. The van der Waals surface area contributed by atoms with Crippen molar-refractivity contribution >= 4 is 0 Å². The molecule has 5 rings (SSSR count). The fourth-order valence-electron chi connectivity index (χ4n) is 5.90. The third-order valence-corrected chi connectivity index (χ3v) is 7.95. The van der Waals surface area contributed by atoms with Crippen molar-refractivity contribution < 1.29 is 4.74 Å². The molecule has 0 bridgehead atoms. The molecule has 1 aliphatic heterocycles. The summed E-state index contributed by atoms with van der Waals surface area (Å²) in [7, 11) is 0. The van der Waals surface area contributed by atoms with Gasteiger partial charge in [0.05, 0.1) is 11.8 Å². The van der Waals surface area contributed by atoms with Crippen LogP contribution in [0.4, 0.5) is 0 Å². The van der Waals surface area contributed by atoms with Gasteiger partial charge < -0.3 is 9.64 Å². The van der Waals surface area contributed by atoms with Gasteiger partial charge in [-0.05, 0) is 82.2 Å². The Bertz CT molecular complexity index is 912. The van der Waals surface area contributed by atoms with Crippen molar-refractivity contribution in [1.29, 1.82) is 0 Å². The third kappa shape index (κ3) is 4.67. The predicted octanol–water partition coefficient (Wildman–Crippen LogP) is 4.08. The van der Waals surface area contributed by atoms with Crippen molar-refractivity contribution in [2.45, 2.75) is 76.5 Å². The van der Waals surface area contributed by atoms with Gasteiger partial charge in [0, 0.05) is 50.7 Å². The van der Waals surface area contributed by atoms with Gasteiger partial charge in [-0.15, -0.1) is 0 Å². The number of benzene rings is 1. The Hall–Kier alpha value is -2.05. The number of imidazole rings is 1. The first kappa shape index (κ1) is 21.8. The van der Waals surface area contributed by atoms with E-state index in [4.69, 9.17) is 4.74 Å². The summed E-state index contributed by atoms with van der Waals surface area (Å²) >= 11 is 0. The van der Waals surface area contributed by atoms with E-state index in [1.807, 2.05) is 41.2 Å². The molecule has 0 atom stereocenters. The van der Waals surface area contributed by atoms with Crippen LogP contribution < -0.4 is 10.4 Å². The molecule has 2 heterocycles. The standard InChI is InChI=1S/C26H38N4O2/c1-2-27-15-17-28(18-16-27)21-7-9-22(10-8-21)29-19-20-30(26(29)31)23-11-13-25(14-12-23)32-24-5-3-4-6-24/h11-14,19-22,24H,2-10,15-18H2,1H3. The van der Waals surface area contributed by atoms with Crippen molar-refractivity contribution in [3.63, 3.8) is 0 Å². The topological polar surface area (TPSA) is 42.6 Å². The summed E-state index contributed by atoms with van der Waals surface area (Å²) in [6, 6.07) is 9.02. The number of aromatic nitrogens is 2. The van der Waals surface area contributed by atoms with Crippen LogP contribution in [-0.4, -0.2) is 63.8 Å². The largest absolute Gasteiger partial charge is 0.490 e. The van der Waals surface area contributed by atoms with E-state index in [-0.39, 0.29) is 5.69 Å². The molecule has 32 heavy (non-hydrogen) atoms. The molecule has 0 radical (unpaired) electrons. The van der Waals surface area contributed by atoms with Gasteiger partial charge in [0.1, 0.15) is 5.75 Å². The zero-order valence-corrected chi connectivity index (χ0v) is 19.5. The summed E-state index contributed by atoms with van der Waals surface area (Å²) in [5.74, 6) is 0.909. The normalized spacial score (nSPS) is 25.9. The highest BCUT2D eigenvalue weighted by molar-refractivity contribution is 5.37. The van der Waals surface area contributed by atoms with Crippen LogP contribution in [0.15, 0.2) is 41.5 Å². The Labute approximate surface area is 191 Å². The van der Waals surface area contributed by atoms with Gasteiger partial charge in [0.25, 0.3) is 0 Å². The molecular weight excluding hydrogens is 400 g/mol. The molecule has 2 aromatic rings. The molecule has 1 aromatic heterocycles. The van der Waals surface area contributed by atoms with Gasteiger partial charge in [-0.1, -0.05) is 6.92 Å². The number of hydrogen-bond acceptors (Lipinski definition) is 4. The zero-order valence-electron chi connectivity index (χ0n) is 19.5. The highest BCUT2D eigenvalue weighted by Crippen LogP contribution is 2.31. The molecule has 2 aliphatic carbocycles. The van der Waals surface area contributed by atoms with Crippen molar-refractivity contribution in [2.75, 3.05) is 32.7 Å². The van der Waals surface area contributed by atoms with Gasteiger partial charge in [-0.25, -0.2) is 4.79 Å². The lowest BCUT2D eigenvalue weighted by molar-refractivity contribution is 0.0736. The molecule has 6 heteroatoms. The van der Waals surface area contributed by atoms with Crippen LogP contribution in [0, 0.1) is 0 Å². The van der Waals surface area contributed by atoms with Gasteiger partial charge in [-0.2, -0.15) is 0 Å². The monoisotopic (exact) mass is 438 g/mol. The minimum Gasteiger partial charge on any atom is -0.490 e. The Balaban J connectivity index is 1.19. The lowest BCUT2D eigenvalue weighted by Gasteiger charge is -2.41. The minimum absolute atomic E-state index is 0.0782. The highest BCUT2D eigenvalue weighted by Gasteiger charge is 2.29. The molecule has 3 fully saturated rings. The molecular formula is C26H38N4O2. The first-order valence-corrected chi connectivity index (χ1v) is 12.7. The number of hydrogen-bond donors (Lipinski definition) is 0. The van der Waals surface area contributed by atoms with E-state index < -0.39 is 0 Å². The lowest BCUT2D eigenvalue weighted by Crippen LogP contribution is -2.51. The summed E-state index contributed by atoms with van der Waals surface area (Å²) < 4.78 is 9.81. The molecule has 0 amide bonds. The van der Waals surface area contributed by atoms with Crippen LogP contribution in [-0.2, 0) is 0 Å². The predicted molar refractivity (Wildman–Crippen MR) is 128 cm³/mol. The quantitative estimate of drug-likeness (QED) is 0.682. The minimum atomic E-state index is 0.0782. The van der Waals surface area contributed by atoms with Crippen LogP contribution in [0.25, 0.3) is 5.69 Å². The molecule has 1 saturated heterocycles. The van der Waals surface area contributed by atoms with Crippen LogP contribution in [0.3, 0.4) is 0 Å². The van der Waals surface area contributed by atoms with Crippen molar-refractivity contribution in [3.05, 3.63) is 47.1 Å². The molecule has 1 aromatic carbocycles. The Kier molecular flexibility index (Phi) is 6.69. The van der Waals surface area contributed by atoms with Crippen LogP contribution in [0.5, 0.6) is 5.75 Å². The smallest absolute Gasteiger partial charge is 0.332 e. The van der Waals surface area contributed by atoms with E-state index in [1.165, 1.54) is 51.9 Å². The van der Waals surface area contributed by atoms with Crippen LogP contribution in [0.1, 0.15) is 64.3 Å². The Morgan fingerprint density at radius 2 is 1.50 bits per heavy atom. The first-order valence-electron chi connectivity index (χ1n) is 12.7. The molecule has 3 aliphatic rings. The summed E-state index contributed by atoms with van der Waals surface area (Å²) in [5, 5.41) is 0. The summed E-state index contributed by atoms with van der Waals surface area (Å²) in [5.41, 5.74) is 0.990. The molecule has 0 N–H and O–H groups in total. The van der Waals surface area contributed by atoms with Gasteiger partial charge in [-0.3, -0.25) is 14.0 Å². The number of ether oxygens (including phenoxy) is 1. The van der Waals surface area contributed by atoms with Crippen molar-refractivity contribution in [1.82, 2.24) is 18.9 Å². The molecule has 174 valence electrons. The van der Waals surface area contributed by atoms with Gasteiger partial charge >= 0.3 is 5.69 Å². The van der Waals surface area contributed by atoms with E-state index in [1.54, 1.807) is 4.57 Å². The zero-order chi connectivity index (χ0) is 21.9. The Morgan fingerprint density at radius 1 is 0.844 bits per heavy atom. The average molecular weight is 439 g/mol. The number of rotatable bonds is 6. The fourth-order valence-corrected chi connectivity index (χ4v) is 5.90. The highest BCUT2D eigenvalue weighted by atomic mass is 16.5. The van der Waals surface area contributed by atoms with E-state index in [9.17, 15) is 4.79 Å². The van der Waals surface area contributed by atoms with Gasteiger partial charge in [0.15, 0.2) is 0 Å². The third-order valence-electron chi connectivity index (χ3n) is 7.95. The maximum Gasteiger partial charge on any atom is 0.332 e. The first-order chi connectivity index (χ1) is 15.7. The summed E-state index contributed by atoms with van der Waals surface area (Å²) in [6.07, 6.45) is 13.7. The number of nitrogens with zero attached hydrogens (tertiary/aromatic N) is 4. The van der Waals surface area contributed by atoms with Crippen molar-refractivity contribution in [2.24, 2.45) is 0 Å².